The van der Waals surface area contributed by atoms with Crippen LogP contribution in [0.5, 0.6) is 0 Å². The minimum atomic E-state index is -0.561. The number of rotatable bonds is 4. The van der Waals surface area contributed by atoms with Crippen molar-refractivity contribution in [1.29, 1.82) is 0 Å². The second-order valence-corrected chi connectivity index (χ2v) is 8.57. The van der Waals surface area contributed by atoms with E-state index in [4.69, 9.17) is 15.2 Å². The van der Waals surface area contributed by atoms with Crippen molar-refractivity contribution in [3.8, 4) is 22.6 Å². The monoisotopic (exact) mass is 479 g/mol. The molecule has 10 heteroatoms. The number of aryl methyl sites for hydroxylation is 1. The van der Waals surface area contributed by atoms with E-state index in [1.165, 1.54) is 38.3 Å². The maximum Gasteiger partial charge on any atom is 0.254 e. The van der Waals surface area contributed by atoms with Crippen molar-refractivity contribution in [2.24, 2.45) is 12.8 Å². The van der Waals surface area contributed by atoms with Crippen LogP contribution in [0.1, 0.15) is 42.5 Å². The summed E-state index contributed by atoms with van der Waals surface area (Å²) < 4.78 is 13.4. The molecule has 2 fully saturated rings. The minimum Gasteiger partial charge on any atom is -0.381 e. The van der Waals surface area contributed by atoms with Crippen LogP contribution in [0, 0.1) is 0 Å². The molecule has 1 amide bonds. The van der Waals surface area contributed by atoms with Crippen molar-refractivity contribution >= 4 is 17.4 Å². The van der Waals surface area contributed by atoms with Crippen LogP contribution in [0.15, 0.2) is 36.8 Å². The molecule has 0 unspecified atom stereocenters. The van der Waals surface area contributed by atoms with E-state index in [9.17, 15) is 4.79 Å². The summed E-state index contributed by atoms with van der Waals surface area (Å²) in [4.78, 5) is 20.7. The molecule has 5 heterocycles. The lowest BCUT2D eigenvalue weighted by Gasteiger charge is -2.22. The Morgan fingerprint density at radius 1 is 1.20 bits per heavy atom. The van der Waals surface area contributed by atoms with Crippen molar-refractivity contribution < 1.29 is 14.3 Å². The second kappa shape index (κ2) is 11.3. The van der Waals surface area contributed by atoms with E-state index in [-0.39, 0.29) is 5.56 Å². The summed E-state index contributed by atoms with van der Waals surface area (Å²) in [7, 11) is 5.51. The van der Waals surface area contributed by atoms with Crippen LogP contribution >= 0.6 is 0 Å². The van der Waals surface area contributed by atoms with Gasteiger partial charge in [0.25, 0.3) is 5.91 Å². The molecule has 10 nitrogen and oxygen atoms in total. The number of fused-ring (bicyclic) bond motifs is 2. The molecule has 0 atom stereocenters. The molecule has 4 aliphatic rings. The van der Waals surface area contributed by atoms with Gasteiger partial charge in [0.2, 0.25) is 0 Å². The number of hydrogen-bond donors (Lipinski definition) is 2. The maximum absolute atomic E-state index is 11.6. The van der Waals surface area contributed by atoms with Crippen LogP contribution in [0.2, 0.25) is 0 Å². The molecule has 0 radical (unpaired) electrons. The van der Waals surface area contributed by atoms with Crippen molar-refractivity contribution in [2.75, 3.05) is 32.7 Å². The lowest BCUT2D eigenvalue weighted by Crippen LogP contribution is -2.18. The van der Waals surface area contributed by atoms with Gasteiger partial charge in [-0.05, 0) is 44.2 Å². The number of nitrogens with one attached hydrogen (secondary N) is 1. The van der Waals surface area contributed by atoms with Gasteiger partial charge in [-0.25, -0.2) is 9.97 Å². The van der Waals surface area contributed by atoms with Gasteiger partial charge in [-0.3, -0.25) is 4.79 Å². The number of anilines is 1. The number of pyridine rings is 1. The molecule has 0 bridgehead atoms. The third kappa shape index (κ3) is 5.44. The molecular weight excluding hydrogens is 446 g/mol. The van der Waals surface area contributed by atoms with Gasteiger partial charge < -0.3 is 25.1 Å². The zero-order valence-electron chi connectivity index (χ0n) is 20.5. The van der Waals surface area contributed by atoms with Crippen molar-refractivity contribution in [3.05, 3.63) is 42.4 Å². The molecular formula is C25H33N7O3. The molecule has 35 heavy (non-hydrogen) atoms. The molecule has 0 spiro atoms. The largest absolute Gasteiger partial charge is 0.381 e. The summed E-state index contributed by atoms with van der Waals surface area (Å²) in [6, 6.07) is 5.82. The topological polar surface area (TPSA) is 122 Å². The molecule has 3 aliphatic heterocycles. The van der Waals surface area contributed by atoms with E-state index in [1.54, 1.807) is 24.9 Å². The summed E-state index contributed by atoms with van der Waals surface area (Å²) in [5.74, 6) is 1.01. The first-order chi connectivity index (χ1) is 17.0. The van der Waals surface area contributed by atoms with Gasteiger partial charge >= 0.3 is 0 Å². The summed E-state index contributed by atoms with van der Waals surface area (Å²) >= 11 is 0. The molecule has 1 saturated heterocycles. The van der Waals surface area contributed by atoms with Crippen LogP contribution in [-0.2, 0) is 16.5 Å². The van der Waals surface area contributed by atoms with Crippen LogP contribution in [0.4, 0.5) is 5.82 Å². The Hall–Kier alpha value is -3.50. The molecule has 1 aliphatic carbocycles. The zero-order valence-corrected chi connectivity index (χ0v) is 20.5. The number of nitrogens with zero attached hydrogens (tertiary/aromatic N) is 5. The molecule has 3 N–H and O–H groups in total. The number of amides is 1. The third-order valence-corrected chi connectivity index (χ3v) is 6.24. The van der Waals surface area contributed by atoms with Gasteiger partial charge in [-0.15, -0.1) is 0 Å². The third-order valence-electron chi connectivity index (χ3n) is 6.24. The number of carbonyl (C=O) groups excluding carboxylic acids is 1. The fourth-order valence-electron chi connectivity index (χ4n) is 3.94. The average molecular weight is 480 g/mol. The molecule has 6 rings (SSSR count). The number of hydrogen-bond acceptors (Lipinski definition) is 7. The first-order valence-electron chi connectivity index (χ1n) is 11.9. The number of carbonyl (C=O) groups is 1. The summed E-state index contributed by atoms with van der Waals surface area (Å²) in [6.45, 7) is 2.00. The predicted molar refractivity (Wildman–Crippen MR) is 135 cm³/mol. The van der Waals surface area contributed by atoms with E-state index >= 15 is 0 Å². The fraction of sp³-hybridized carbons (Fsp3) is 0.440. The van der Waals surface area contributed by atoms with Crippen LogP contribution < -0.4 is 11.1 Å². The highest BCUT2D eigenvalue weighted by molar-refractivity contribution is 5.99. The van der Waals surface area contributed by atoms with Gasteiger partial charge in [-0.2, -0.15) is 9.61 Å². The summed E-state index contributed by atoms with van der Waals surface area (Å²) in [5, 5.41) is 7.25. The lowest BCUT2D eigenvalue weighted by molar-refractivity contribution is 0.0412. The number of methoxy groups -OCH3 is 1. The molecule has 2 aromatic heterocycles. The Bertz CT molecular complexity index is 1230. The summed E-state index contributed by atoms with van der Waals surface area (Å²) in [6.07, 6.45) is 12.3. The van der Waals surface area contributed by atoms with E-state index in [1.807, 2.05) is 36.0 Å². The highest BCUT2D eigenvalue weighted by atomic mass is 16.5. The Balaban J connectivity index is 0.000000215. The van der Waals surface area contributed by atoms with Gasteiger partial charge in [0.15, 0.2) is 5.65 Å². The fourth-order valence-corrected chi connectivity index (χ4v) is 3.94. The van der Waals surface area contributed by atoms with E-state index in [0.29, 0.717) is 23.3 Å². The Kier molecular flexibility index (Phi) is 7.94. The lowest BCUT2D eigenvalue weighted by atomic mass is 9.96. The second-order valence-electron chi connectivity index (χ2n) is 8.57. The maximum atomic E-state index is 11.6. The Morgan fingerprint density at radius 2 is 1.97 bits per heavy atom. The SMILES string of the molecule is C1CCOC1.CNc1cc(-c2cnc3n(C)cccc2-3)nc2c(C(N)=O)cnn12.COC1CCC1. The quantitative estimate of drug-likeness (QED) is 0.460. The van der Waals surface area contributed by atoms with Gasteiger partial charge in [0.1, 0.15) is 17.2 Å². The standard InChI is InChI=1S/C16H15N7O.C5H10O.C4H8O/c1-18-13-6-12(21-16-11(14(17)24)8-20-23(13)16)10-7-19-15-9(10)4-3-5-22(15)2;1-6-5-3-2-4-5;1-2-4-5-3-1/h3-8,18H,1-2H3,(H2,17,24);5H,2-4H2,1H3;1-4H2. The number of nitrogens with two attached hydrogens (primary N) is 1. The summed E-state index contributed by atoms with van der Waals surface area (Å²) in [5.41, 5.74) is 8.69. The Labute approximate surface area is 204 Å². The van der Waals surface area contributed by atoms with E-state index in [0.717, 1.165) is 30.2 Å². The predicted octanol–water partition coefficient (Wildman–Crippen LogP) is 3.36. The minimum absolute atomic E-state index is 0.280. The Morgan fingerprint density at radius 3 is 2.51 bits per heavy atom. The van der Waals surface area contributed by atoms with Crippen molar-refractivity contribution in [1.82, 2.24) is 24.1 Å². The van der Waals surface area contributed by atoms with E-state index < -0.39 is 5.91 Å². The number of aromatic nitrogens is 5. The molecule has 1 saturated carbocycles. The van der Waals surface area contributed by atoms with Gasteiger partial charge in [-0.1, -0.05) is 0 Å². The van der Waals surface area contributed by atoms with E-state index in [2.05, 4.69) is 20.4 Å². The van der Waals surface area contributed by atoms with Crippen LogP contribution in [-0.4, -0.2) is 63.5 Å². The number of ether oxygens (including phenoxy) is 2. The number of primary amides is 1. The van der Waals surface area contributed by atoms with Crippen molar-refractivity contribution in [2.45, 2.75) is 38.2 Å². The highest BCUT2D eigenvalue weighted by Crippen LogP contribution is 2.33. The molecule has 186 valence electrons. The smallest absolute Gasteiger partial charge is 0.254 e. The zero-order chi connectivity index (χ0) is 24.8. The average Bonchev–Trinajstić information content (AvgIpc) is 3.59. The van der Waals surface area contributed by atoms with Crippen LogP contribution in [0.25, 0.3) is 28.3 Å². The normalized spacial score (nSPS) is 15.2. The van der Waals surface area contributed by atoms with Gasteiger partial charge in [0.05, 0.1) is 18.0 Å². The first kappa shape index (κ1) is 24.6. The highest BCUT2D eigenvalue weighted by Gasteiger charge is 2.19. The first-order valence-corrected chi connectivity index (χ1v) is 11.9. The molecule has 0 aromatic carbocycles. The van der Waals surface area contributed by atoms with Gasteiger partial charge in [0, 0.05) is 64.0 Å². The van der Waals surface area contributed by atoms with Crippen molar-refractivity contribution in [3.63, 3.8) is 0 Å². The molecule has 2 aromatic rings. The van der Waals surface area contributed by atoms with Crippen LogP contribution in [0.3, 0.4) is 0 Å².